The van der Waals surface area contributed by atoms with E-state index in [9.17, 15) is 0 Å². The lowest BCUT2D eigenvalue weighted by Crippen LogP contribution is -1.96. The van der Waals surface area contributed by atoms with Crippen LogP contribution in [0.3, 0.4) is 0 Å². The molecule has 0 aromatic heterocycles. The first-order valence-electron chi connectivity index (χ1n) is 4.22. The summed E-state index contributed by atoms with van der Waals surface area (Å²) in [7, 11) is 0. The molecule has 0 radical (unpaired) electrons. The Morgan fingerprint density at radius 2 is 2.00 bits per heavy atom. The van der Waals surface area contributed by atoms with Gasteiger partial charge < -0.3 is 0 Å². The Kier molecular flexibility index (Phi) is 2.88. The van der Waals surface area contributed by atoms with E-state index < -0.39 is 0 Å². The van der Waals surface area contributed by atoms with Crippen molar-refractivity contribution in [1.29, 1.82) is 5.26 Å². The molecule has 0 spiro atoms. The highest BCUT2D eigenvalue weighted by atomic mass is 14.2. The standard InChI is InChI=1S/C11H13N/c1-9(2)7-10-5-3-4-6-11(10)8-12/h3-6,9H,7H2,1-2H3. The Morgan fingerprint density at radius 1 is 1.33 bits per heavy atom. The van der Waals surface area contributed by atoms with E-state index in [1.165, 1.54) is 0 Å². The molecule has 0 N–H and O–H groups in total. The molecule has 0 aliphatic rings. The molecule has 0 amide bonds. The van der Waals surface area contributed by atoms with Crippen LogP contribution in [0.5, 0.6) is 0 Å². The second-order valence-electron chi connectivity index (χ2n) is 3.37. The zero-order valence-corrected chi connectivity index (χ0v) is 7.54. The van der Waals surface area contributed by atoms with Crippen molar-refractivity contribution in [2.75, 3.05) is 0 Å². The van der Waals surface area contributed by atoms with E-state index in [2.05, 4.69) is 19.9 Å². The molecule has 0 saturated carbocycles. The van der Waals surface area contributed by atoms with Gasteiger partial charge in [-0.1, -0.05) is 32.0 Å². The van der Waals surface area contributed by atoms with Crippen molar-refractivity contribution in [2.24, 2.45) is 5.92 Å². The summed E-state index contributed by atoms with van der Waals surface area (Å²) in [6.07, 6.45) is 0.990. The maximum Gasteiger partial charge on any atom is 0.0994 e. The predicted molar refractivity (Wildman–Crippen MR) is 49.7 cm³/mol. The Balaban J connectivity index is 2.91. The van der Waals surface area contributed by atoms with Gasteiger partial charge in [-0.2, -0.15) is 5.26 Å². The lowest BCUT2D eigenvalue weighted by Gasteiger charge is -2.05. The van der Waals surface area contributed by atoms with Crippen LogP contribution in [0, 0.1) is 17.2 Å². The van der Waals surface area contributed by atoms with Gasteiger partial charge in [0.15, 0.2) is 0 Å². The number of benzene rings is 1. The quantitative estimate of drug-likeness (QED) is 0.651. The first-order valence-corrected chi connectivity index (χ1v) is 4.22. The van der Waals surface area contributed by atoms with Crippen LogP contribution in [0.2, 0.25) is 0 Å². The van der Waals surface area contributed by atoms with Gasteiger partial charge in [0.25, 0.3) is 0 Å². The van der Waals surface area contributed by atoms with E-state index in [0.29, 0.717) is 5.92 Å². The minimum Gasteiger partial charge on any atom is -0.192 e. The molecule has 1 heteroatoms. The smallest absolute Gasteiger partial charge is 0.0994 e. The normalized spacial score (nSPS) is 9.83. The molecule has 0 unspecified atom stereocenters. The Bertz CT molecular complexity index is 294. The summed E-state index contributed by atoms with van der Waals surface area (Å²) >= 11 is 0. The van der Waals surface area contributed by atoms with Crippen LogP contribution in [0.4, 0.5) is 0 Å². The lowest BCUT2D eigenvalue weighted by atomic mass is 9.99. The minimum atomic E-state index is 0.611. The van der Waals surface area contributed by atoms with Gasteiger partial charge in [-0.25, -0.2) is 0 Å². The fraction of sp³-hybridized carbons (Fsp3) is 0.364. The van der Waals surface area contributed by atoms with Crippen molar-refractivity contribution >= 4 is 0 Å². The average molecular weight is 159 g/mol. The predicted octanol–water partition coefficient (Wildman–Crippen LogP) is 2.76. The lowest BCUT2D eigenvalue weighted by molar-refractivity contribution is 0.646. The molecule has 1 nitrogen and oxygen atoms in total. The van der Waals surface area contributed by atoms with Gasteiger partial charge in [0.1, 0.15) is 0 Å². The summed E-state index contributed by atoms with van der Waals surface area (Å²) in [4.78, 5) is 0. The first-order chi connectivity index (χ1) is 5.74. The van der Waals surface area contributed by atoms with Crippen molar-refractivity contribution < 1.29 is 0 Å². The molecule has 0 aliphatic carbocycles. The summed E-state index contributed by atoms with van der Waals surface area (Å²) < 4.78 is 0. The average Bonchev–Trinajstić information content (AvgIpc) is 2.04. The molecular weight excluding hydrogens is 146 g/mol. The van der Waals surface area contributed by atoms with Crippen LogP contribution in [0.15, 0.2) is 24.3 Å². The number of nitrogens with zero attached hydrogens (tertiary/aromatic N) is 1. The Labute approximate surface area is 73.6 Å². The second-order valence-corrected chi connectivity index (χ2v) is 3.37. The van der Waals surface area contributed by atoms with Gasteiger partial charge in [-0.3, -0.25) is 0 Å². The second kappa shape index (κ2) is 3.92. The molecule has 0 bridgehead atoms. The SMILES string of the molecule is CC(C)Cc1ccccc1C#N. The molecule has 1 aromatic rings. The van der Waals surface area contributed by atoms with Crippen LogP contribution >= 0.6 is 0 Å². The van der Waals surface area contributed by atoms with E-state index in [1.54, 1.807) is 0 Å². The summed E-state index contributed by atoms with van der Waals surface area (Å²) in [5, 5.41) is 8.78. The fourth-order valence-electron chi connectivity index (χ4n) is 1.25. The van der Waals surface area contributed by atoms with Gasteiger partial charge in [0, 0.05) is 0 Å². The molecule has 0 fully saturated rings. The van der Waals surface area contributed by atoms with Crippen LogP contribution in [0.1, 0.15) is 25.0 Å². The highest BCUT2D eigenvalue weighted by Gasteiger charge is 2.02. The van der Waals surface area contributed by atoms with Gasteiger partial charge in [-0.15, -0.1) is 0 Å². The number of hydrogen-bond donors (Lipinski definition) is 0. The Morgan fingerprint density at radius 3 is 2.58 bits per heavy atom. The maximum absolute atomic E-state index is 8.78. The van der Waals surface area contributed by atoms with Crippen molar-refractivity contribution in [3.05, 3.63) is 35.4 Å². The van der Waals surface area contributed by atoms with E-state index in [-0.39, 0.29) is 0 Å². The highest BCUT2D eigenvalue weighted by molar-refractivity contribution is 5.37. The zero-order valence-electron chi connectivity index (χ0n) is 7.54. The van der Waals surface area contributed by atoms with E-state index in [4.69, 9.17) is 5.26 Å². The third kappa shape index (κ3) is 2.10. The topological polar surface area (TPSA) is 23.8 Å². The molecule has 0 atom stereocenters. The van der Waals surface area contributed by atoms with E-state index in [0.717, 1.165) is 17.5 Å². The van der Waals surface area contributed by atoms with Gasteiger partial charge in [-0.05, 0) is 24.0 Å². The summed E-state index contributed by atoms with van der Waals surface area (Å²) in [5.41, 5.74) is 1.97. The maximum atomic E-state index is 8.78. The molecule has 1 aromatic carbocycles. The van der Waals surface area contributed by atoms with Gasteiger partial charge in [0.05, 0.1) is 11.6 Å². The van der Waals surface area contributed by atoms with E-state index in [1.807, 2.05) is 24.3 Å². The molecule has 12 heavy (non-hydrogen) atoms. The third-order valence-electron chi connectivity index (χ3n) is 1.77. The minimum absolute atomic E-state index is 0.611. The molecular formula is C11H13N. The van der Waals surface area contributed by atoms with Gasteiger partial charge in [0.2, 0.25) is 0 Å². The number of rotatable bonds is 2. The van der Waals surface area contributed by atoms with Crippen molar-refractivity contribution in [3.63, 3.8) is 0 Å². The number of hydrogen-bond acceptors (Lipinski definition) is 1. The fourth-order valence-corrected chi connectivity index (χ4v) is 1.25. The van der Waals surface area contributed by atoms with E-state index >= 15 is 0 Å². The summed E-state index contributed by atoms with van der Waals surface area (Å²) in [6.45, 7) is 4.32. The highest BCUT2D eigenvalue weighted by Crippen LogP contribution is 2.12. The largest absolute Gasteiger partial charge is 0.192 e. The zero-order chi connectivity index (χ0) is 8.97. The van der Waals surface area contributed by atoms with Crippen LogP contribution < -0.4 is 0 Å². The summed E-state index contributed by atoms with van der Waals surface area (Å²) in [6, 6.07) is 9.99. The molecule has 62 valence electrons. The molecule has 1 rings (SSSR count). The van der Waals surface area contributed by atoms with Crippen LogP contribution in [-0.2, 0) is 6.42 Å². The van der Waals surface area contributed by atoms with Crippen molar-refractivity contribution in [2.45, 2.75) is 20.3 Å². The third-order valence-corrected chi connectivity index (χ3v) is 1.77. The molecule has 0 saturated heterocycles. The van der Waals surface area contributed by atoms with Crippen molar-refractivity contribution in [3.8, 4) is 6.07 Å². The molecule has 0 heterocycles. The monoisotopic (exact) mass is 159 g/mol. The number of nitriles is 1. The summed E-state index contributed by atoms with van der Waals surface area (Å²) in [5.74, 6) is 0.611. The van der Waals surface area contributed by atoms with Gasteiger partial charge >= 0.3 is 0 Å². The van der Waals surface area contributed by atoms with Crippen molar-refractivity contribution in [1.82, 2.24) is 0 Å². The molecule has 0 aliphatic heterocycles. The Hall–Kier alpha value is -1.29. The first kappa shape index (κ1) is 8.80. The van der Waals surface area contributed by atoms with Crippen LogP contribution in [-0.4, -0.2) is 0 Å². The van der Waals surface area contributed by atoms with Crippen LogP contribution in [0.25, 0.3) is 0 Å².